The van der Waals surface area contributed by atoms with Gasteiger partial charge in [-0.15, -0.1) is 0 Å². The summed E-state index contributed by atoms with van der Waals surface area (Å²) in [6.45, 7) is 0.143. The molecule has 2 heterocycles. The van der Waals surface area contributed by atoms with Crippen molar-refractivity contribution in [1.82, 2.24) is 15.6 Å². The SMILES string of the molecule is CNC(=O)c1cc(F)cc(-c2cc3c(c(C(=O)NC(CO)Cc4c[nH]c5cc(F)ccc45)c2)OCCCC3)c1. The van der Waals surface area contributed by atoms with Crippen molar-refractivity contribution in [3.05, 3.63) is 88.6 Å². The van der Waals surface area contributed by atoms with E-state index in [1.54, 1.807) is 24.4 Å². The average molecular weight is 534 g/mol. The number of carbonyl (C=O) groups is 2. The fourth-order valence-corrected chi connectivity index (χ4v) is 5.02. The van der Waals surface area contributed by atoms with Gasteiger partial charge < -0.3 is 25.5 Å². The summed E-state index contributed by atoms with van der Waals surface area (Å²) in [5, 5.41) is 16.3. The summed E-state index contributed by atoms with van der Waals surface area (Å²) < 4.78 is 34.0. The molecular formula is C30H29F2N3O4. The van der Waals surface area contributed by atoms with Crippen molar-refractivity contribution in [1.29, 1.82) is 0 Å². The van der Waals surface area contributed by atoms with Crippen LogP contribution in [0, 0.1) is 11.6 Å². The van der Waals surface area contributed by atoms with Crippen LogP contribution in [0.2, 0.25) is 0 Å². The summed E-state index contributed by atoms with van der Waals surface area (Å²) in [5.41, 5.74) is 3.76. The molecule has 1 unspecified atom stereocenters. The molecule has 0 aliphatic carbocycles. The first-order valence-electron chi connectivity index (χ1n) is 12.9. The van der Waals surface area contributed by atoms with E-state index in [9.17, 15) is 23.5 Å². The Kier molecular flexibility index (Phi) is 7.60. The zero-order valence-electron chi connectivity index (χ0n) is 21.4. The van der Waals surface area contributed by atoms with E-state index in [1.165, 1.54) is 25.2 Å². The van der Waals surface area contributed by atoms with Gasteiger partial charge in [-0.05, 0) is 96.5 Å². The van der Waals surface area contributed by atoms with E-state index in [-0.39, 0.29) is 23.6 Å². The van der Waals surface area contributed by atoms with Crippen molar-refractivity contribution in [2.75, 3.05) is 20.3 Å². The van der Waals surface area contributed by atoms with Crippen molar-refractivity contribution >= 4 is 22.7 Å². The molecule has 1 aliphatic heterocycles. The highest BCUT2D eigenvalue weighted by atomic mass is 19.1. The predicted molar refractivity (Wildman–Crippen MR) is 144 cm³/mol. The first-order chi connectivity index (χ1) is 18.9. The summed E-state index contributed by atoms with van der Waals surface area (Å²) in [6.07, 6.45) is 4.42. The molecule has 1 atom stereocenters. The van der Waals surface area contributed by atoms with Gasteiger partial charge in [0.25, 0.3) is 11.8 Å². The molecule has 1 aromatic heterocycles. The number of aliphatic hydroxyl groups excluding tert-OH is 1. The molecule has 0 spiro atoms. The van der Waals surface area contributed by atoms with E-state index in [1.807, 2.05) is 6.07 Å². The van der Waals surface area contributed by atoms with Gasteiger partial charge in [0.15, 0.2) is 0 Å². The third kappa shape index (κ3) is 5.63. The van der Waals surface area contributed by atoms with Crippen LogP contribution in [0.5, 0.6) is 5.75 Å². The smallest absolute Gasteiger partial charge is 0.255 e. The molecule has 5 rings (SSSR count). The average Bonchev–Trinajstić information content (AvgIpc) is 3.16. The molecule has 0 radical (unpaired) electrons. The molecule has 3 aromatic carbocycles. The maximum absolute atomic E-state index is 14.5. The second-order valence-electron chi connectivity index (χ2n) is 9.69. The Morgan fingerprint density at radius 3 is 2.64 bits per heavy atom. The number of aryl methyl sites for hydroxylation is 1. The number of hydrogen-bond donors (Lipinski definition) is 4. The van der Waals surface area contributed by atoms with Crippen LogP contribution in [0.3, 0.4) is 0 Å². The maximum atomic E-state index is 14.5. The molecule has 0 saturated carbocycles. The lowest BCUT2D eigenvalue weighted by molar-refractivity contribution is 0.0911. The van der Waals surface area contributed by atoms with Gasteiger partial charge in [0.2, 0.25) is 0 Å². The Labute approximate surface area is 224 Å². The van der Waals surface area contributed by atoms with E-state index in [4.69, 9.17) is 4.74 Å². The van der Waals surface area contributed by atoms with Gasteiger partial charge in [0.1, 0.15) is 17.4 Å². The summed E-state index contributed by atoms with van der Waals surface area (Å²) in [6, 6.07) is 11.4. The quantitative estimate of drug-likeness (QED) is 0.281. The number of amides is 2. The Bertz CT molecular complexity index is 1550. The van der Waals surface area contributed by atoms with E-state index < -0.39 is 23.7 Å². The highest BCUT2D eigenvalue weighted by Crippen LogP contribution is 2.35. The molecule has 0 saturated heterocycles. The highest BCUT2D eigenvalue weighted by Gasteiger charge is 2.24. The zero-order valence-corrected chi connectivity index (χ0v) is 21.4. The van der Waals surface area contributed by atoms with Crippen LogP contribution in [-0.4, -0.2) is 48.2 Å². The van der Waals surface area contributed by atoms with Gasteiger partial charge in [0, 0.05) is 29.7 Å². The summed E-state index contributed by atoms with van der Waals surface area (Å²) in [4.78, 5) is 28.8. The Morgan fingerprint density at radius 2 is 1.85 bits per heavy atom. The zero-order chi connectivity index (χ0) is 27.5. The lowest BCUT2D eigenvalue weighted by Crippen LogP contribution is -2.39. The van der Waals surface area contributed by atoms with Crippen molar-refractivity contribution in [2.45, 2.75) is 31.7 Å². The second-order valence-corrected chi connectivity index (χ2v) is 9.69. The van der Waals surface area contributed by atoms with Gasteiger partial charge in [0.05, 0.1) is 24.8 Å². The van der Waals surface area contributed by atoms with Crippen LogP contribution in [0.25, 0.3) is 22.0 Å². The van der Waals surface area contributed by atoms with Gasteiger partial charge in [-0.2, -0.15) is 0 Å². The molecule has 1 aliphatic rings. The summed E-state index contributed by atoms with van der Waals surface area (Å²) in [5.74, 6) is -1.32. The third-order valence-electron chi connectivity index (χ3n) is 6.97. The standard InChI is InChI=1S/C30H29F2N3O4/c1-33-29(37)20-9-18(10-23(32)11-20)19-8-17-4-2-3-7-39-28(17)26(13-19)30(38)35-24(16-36)12-21-15-34-27-14-22(31)5-6-25(21)27/h5-6,8-11,13-15,24,34,36H,2-4,7,12,16H2,1H3,(H,33,37)(H,35,38). The second kappa shape index (κ2) is 11.2. The number of nitrogens with one attached hydrogen (secondary N) is 3. The van der Waals surface area contributed by atoms with Crippen LogP contribution < -0.4 is 15.4 Å². The number of aromatic amines is 1. The minimum atomic E-state index is -0.624. The Balaban J connectivity index is 1.48. The van der Waals surface area contributed by atoms with Crippen molar-refractivity contribution in [2.24, 2.45) is 0 Å². The molecule has 4 N–H and O–H groups in total. The number of aromatic nitrogens is 1. The number of rotatable bonds is 7. The van der Waals surface area contributed by atoms with Crippen LogP contribution in [-0.2, 0) is 12.8 Å². The molecule has 0 bridgehead atoms. The van der Waals surface area contributed by atoms with Crippen LogP contribution in [0.4, 0.5) is 8.78 Å². The number of ether oxygens (including phenoxy) is 1. The normalized spacial score (nSPS) is 13.7. The predicted octanol–water partition coefficient (Wildman–Crippen LogP) is 4.52. The van der Waals surface area contributed by atoms with Crippen molar-refractivity contribution < 1.29 is 28.2 Å². The molecule has 2 amide bonds. The Morgan fingerprint density at radius 1 is 1.03 bits per heavy atom. The monoisotopic (exact) mass is 533 g/mol. The van der Waals surface area contributed by atoms with Gasteiger partial charge >= 0.3 is 0 Å². The summed E-state index contributed by atoms with van der Waals surface area (Å²) in [7, 11) is 1.47. The lowest BCUT2D eigenvalue weighted by Gasteiger charge is -2.20. The van der Waals surface area contributed by atoms with Crippen molar-refractivity contribution in [3.63, 3.8) is 0 Å². The topological polar surface area (TPSA) is 103 Å². The minimum absolute atomic E-state index is 0.170. The van der Waals surface area contributed by atoms with Gasteiger partial charge in [-0.25, -0.2) is 8.78 Å². The van der Waals surface area contributed by atoms with Crippen LogP contribution in [0.15, 0.2) is 54.7 Å². The van der Waals surface area contributed by atoms with E-state index in [0.717, 1.165) is 35.4 Å². The van der Waals surface area contributed by atoms with Gasteiger partial charge in [-0.1, -0.05) is 0 Å². The number of halogens is 2. The molecule has 39 heavy (non-hydrogen) atoms. The van der Waals surface area contributed by atoms with Crippen LogP contribution >= 0.6 is 0 Å². The van der Waals surface area contributed by atoms with Crippen molar-refractivity contribution in [3.8, 4) is 16.9 Å². The molecular weight excluding hydrogens is 504 g/mol. The fraction of sp³-hybridized carbons (Fsp3) is 0.267. The largest absolute Gasteiger partial charge is 0.492 e. The molecule has 9 heteroatoms. The third-order valence-corrected chi connectivity index (χ3v) is 6.97. The Hall–Kier alpha value is -4.24. The highest BCUT2D eigenvalue weighted by molar-refractivity contribution is 6.00. The number of H-pyrrole nitrogens is 1. The molecule has 202 valence electrons. The maximum Gasteiger partial charge on any atom is 0.255 e. The number of fused-ring (bicyclic) bond motifs is 2. The molecule has 4 aromatic rings. The number of hydrogen-bond acceptors (Lipinski definition) is 4. The molecule has 7 nitrogen and oxygen atoms in total. The number of aliphatic hydroxyl groups is 1. The molecule has 0 fully saturated rings. The van der Waals surface area contributed by atoms with Gasteiger partial charge in [-0.3, -0.25) is 9.59 Å². The lowest BCUT2D eigenvalue weighted by atomic mass is 9.94. The number of carbonyl (C=O) groups excluding carboxylic acids is 2. The first-order valence-corrected chi connectivity index (χ1v) is 12.9. The van der Waals surface area contributed by atoms with E-state index in [2.05, 4.69) is 15.6 Å². The van der Waals surface area contributed by atoms with E-state index >= 15 is 0 Å². The minimum Gasteiger partial charge on any atom is -0.492 e. The fourth-order valence-electron chi connectivity index (χ4n) is 5.02. The van der Waals surface area contributed by atoms with Crippen LogP contribution in [0.1, 0.15) is 44.7 Å². The first kappa shape index (κ1) is 26.4. The number of benzene rings is 3. The summed E-state index contributed by atoms with van der Waals surface area (Å²) >= 11 is 0. The van der Waals surface area contributed by atoms with E-state index in [0.29, 0.717) is 41.8 Å².